The molecule has 96 valence electrons. The van der Waals surface area contributed by atoms with Gasteiger partial charge in [0, 0.05) is 0 Å². The van der Waals surface area contributed by atoms with Gasteiger partial charge in [-0.2, -0.15) is 0 Å². The van der Waals surface area contributed by atoms with Crippen molar-refractivity contribution in [3.63, 3.8) is 0 Å². The molecule has 2 aromatic carbocycles. The van der Waals surface area contributed by atoms with Gasteiger partial charge in [-0.15, -0.1) is 0 Å². The van der Waals surface area contributed by atoms with Crippen LogP contribution in [0.25, 0.3) is 11.4 Å². The zero-order valence-corrected chi connectivity index (χ0v) is 11.2. The normalized spacial score (nSPS) is 9.89. The number of aromatic amines is 1. The Hall–Kier alpha value is -2.06. The first kappa shape index (κ1) is 13.4. The summed E-state index contributed by atoms with van der Waals surface area (Å²) in [6.45, 7) is 0.883. The van der Waals surface area contributed by atoms with Gasteiger partial charge in [-0.1, -0.05) is 48.5 Å². The van der Waals surface area contributed by atoms with Crippen molar-refractivity contribution in [2.75, 3.05) is 0 Å². The number of benzene rings is 2. The van der Waals surface area contributed by atoms with Crippen LogP contribution in [0.2, 0.25) is 0 Å². The van der Waals surface area contributed by atoms with Gasteiger partial charge in [0.2, 0.25) is 0 Å². The first-order valence-corrected chi connectivity index (χ1v) is 6.09. The number of aromatic nitrogens is 2. The first-order valence-electron chi connectivity index (χ1n) is 6.09. The Balaban J connectivity index is 0.00000133. The van der Waals surface area contributed by atoms with Crippen molar-refractivity contribution in [1.82, 2.24) is 4.98 Å². The van der Waals surface area contributed by atoms with E-state index in [1.165, 1.54) is 11.1 Å². The quantitative estimate of drug-likeness (QED) is 0.648. The van der Waals surface area contributed by atoms with Gasteiger partial charge in [0.15, 0.2) is 0 Å². The molecule has 0 unspecified atom stereocenters. The van der Waals surface area contributed by atoms with Gasteiger partial charge in [-0.3, -0.25) is 0 Å². The fourth-order valence-electron chi connectivity index (χ4n) is 2.12. The average molecular weight is 271 g/mol. The molecule has 0 saturated heterocycles. The van der Waals surface area contributed by atoms with E-state index in [4.69, 9.17) is 0 Å². The lowest BCUT2D eigenvalue weighted by atomic mass is 10.2. The Morgan fingerprint density at radius 1 is 0.842 bits per heavy atom. The maximum absolute atomic E-state index is 3.31. The monoisotopic (exact) mass is 270 g/mol. The van der Waals surface area contributed by atoms with E-state index < -0.39 is 0 Å². The lowest BCUT2D eigenvalue weighted by Gasteiger charge is -2.01. The van der Waals surface area contributed by atoms with E-state index in [1.54, 1.807) is 0 Å². The molecule has 0 saturated carbocycles. The molecule has 19 heavy (non-hydrogen) atoms. The lowest BCUT2D eigenvalue weighted by Crippen LogP contribution is -3.00. The van der Waals surface area contributed by atoms with Crippen molar-refractivity contribution in [2.45, 2.75) is 6.54 Å². The molecule has 1 aromatic heterocycles. The molecule has 3 heteroatoms. The minimum atomic E-state index is 0. The number of hydrogen-bond acceptors (Lipinski definition) is 0. The Morgan fingerprint density at radius 2 is 1.47 bits per heavy atom. The van der Waals surface area contributed by atoms with E-state index in [0.29, 0.717) is 0 Å². The second-order valence-corrected chi connectivity index (χ2v) is 4.29. The van der Waals surface area contributed by atoms with Crippen LogP contribution in [0.4, 0.5) is 0 Å². The average Bonchev–Trinajstić information content (AvgIpc) is 2.89. The van der Waals surface area contributed by atoms with Gasteiger partial charge in [-0.25, -0.2) is 9.55 Å². The molecule has 2 nitrogen and oxygen atoms in total. The summed E-state index contributed by atoms with van der Waals surface area (Å²) in [5.74, 6) is 1.14. The third kappa shape index (κ3) is 3.04. The highest BCUT2D eigenvalue weighted by Crippen LogP contribution is 2.12. The molecule has 3 rings (SSSR count). The molecule has 1 heterocycles. The molecule has 0 atom stereocenters. The molecule has 0 aliphatic heterocycles. The van der Waals surface area contributed by atoms with Crippen molar-refractivity contribution in [3.05, 3.63) is 78.6 Å². The second-order valence-electron chi connectivity index (χ2n) is 4.29. The SMILES string of the molecule is [Cl-].c1ccc(C[n+]2cc[nH]c2-c2ccccc2)cc1. The third-order valence-corrected chi connectivity index (χ3v) is 3.00. The molecule has 0 radical (unpaired) electrons. The van der Waals surface area contributed by atoms with Gasteiger partial charge >= 0.3 is 0 Å². The van der Waals surface area contributed by atoms with Gasteiger partial charge in [-0.05, 0) is 17.7 Å². The Morgan fingerprint density at radius 3 is 2.16 bits per heavy atom. The molecule has 0 fully saturated rings. The Bertz CT molecular complexity index is 618. The number of nitrogens with zero attached hydrogens (tertiary/aromatic N) is 1. The van der Waals surface area contributed by atoms with Crippen LogP contribution >= 0.6 is 0 Å². The molecular weight excluding hydrogens is 256 g/mol. The van der Waals surface area contributed by atoms with Gasteiger partial charge < -0.3 is 12.4 Å². The van der Waals surface area contributed by atoms with Crippen LogP contribution < -0.4 is 17.0 Å². The van der Waals surface area contributed by atoms with Crippen LogP contribution in [0.5, 0.6) is 0 Å². The summed E-state index contributed by atoms with van der Waals surface area (Å²) in [7, 11) is 0. The van der Waals surface area contributed by atoms with Crippen LogP contribution in [0.15, 0.2) is 73.1 Å². The van der Waals surface area contributed by atoms with E-state index in [0.717, 1.165) is 12.4 Å². The number of nitrogens with one attached hydrogen (secondary N) is 1. The van der Waals surface area contributed by atoms with Crippen molar-refractivity contribution in [3.8, 4) is 11.4 Å². The van der Waals surface area contributed by atoms with Gasteiger partial charge in [0.1, 0.15) is 18.9 Å². The predicted molar refractivity (Wildman–Crippen MR) is 72.0 cm³/mol. The maximum atomic E-state index is 3.31. The standard InChI is InChI=1S/C16H14N2.ClH/c1-3-7-14(8-4-1)13-18-12-11-17-16(18)15-9-5-2-6-10-15;/h1-12H,13H2;1H. The molecular formula is C16H15ClN2. The van der Waals surface area contributed by atoms with Crippen LogP contribution in [-0.4, -0.2) is 4.98 Å². The number of halogens is 1. The van der Waals surface area contributed by atoms with E-state index >= 15 is 0 Å². The molecule has 0 bridgehead atoms. The van der Waals surface area contributed by atoms with Crippen molar-refractivity contribution in [2.24, 2.45) is 0 Å². The molecule has 0 aliphatic rings. The van der Waals surface area contributed by atoms with Gasteiger partial charge in [0.25, 0.3) is 5.82 Å². The zero-order valence-electron chi connectivity index (χ0n) is 10.5. The Labute approximate surface area is 119 Å². The van der Waals surface area contributed by atoms with Crippen LogP contribution in [0.3, 0.4) is 0 Å². The summed E-state index contributed by atoms with van der Waals surface area (Å²) >= 11 is 0. The number of imidazole rings is 1. The van der Waals surface area contributed by atoms with E-state index in [-0.39, 0.29) is 12.4 Å². The van der Waals surface area contributed by atoms with E-state index in [9.17, 15) is 0 Å². The van der Waals surface area contributed by atoms with Crippen molar-refractivity contribution >= 4 is 0 Å². The third-order valence-electron chi connectivity index (χ3n) is 3.00. The molecule has 0 aliphatic carbocycles. The number of H-pyrrole nitrogens is 1. The molecule has 0 spiro atoms. The van der Waals surface area contributed by atoms with Crippen LogP contribution in [0.1, 0.15) is 5.56 Å². The highest BCUT2D eigenvalue weighted by atomic mass is 35.5. The van der Waals surface area contributed by atoms with E-state index in [1.807, 2.05) is 18.3 Å². The lowest BCUT2D eigenvalue weighted by molar-refractivity contribution is -0.676. The minimum Gasteiger partial charge on any atom is -1.00 e. The zero-order chi connectivity index (χ0) is 12.2. The molecule has 1 N–H and O–H groups in total. The van der Waals surface area contributed by atoms with Crippen LogP contribution in [-0.2, 0) is 6.54 Å². The first-order chi connectivity index (χ1) is 8.93. The summed E-state index contributed by atoms with van der Waals surface area (Å²) < 4.78 is 2.23. The minimum absolute atomic E-state index is 0. The topological polar surface area (TPSA) is 19.7 Å². The summed E-state index contributed by atoms with van der Waals surface area (Å²) in [5.41, 5.74) is 2.51. The maximum Gasteiger partial charge on any atom is 0.286 e. The second kappa shape index (κ2) is 6.21. The van der Waals surface area contributed by atoms with Crippen molar-refractivity contribution in [1.29, 1.82) is 0 Å². The summed E-state index contributed by atoms with van der Waals surface area (Å²) in [5, 5.41) is 0. The number of rotatable bonds is 3. The summed E-state index contributed by atoms with van der Waals surface area (Å²) in [6.07, 6.45) is 4.06. The fourth-order valence-corrected chi connectivity index (χ4v) is 2.12. The highest BCUT2D eigenvalue weighted by molar-refractivity contribution is 5.51. The smallest absolute Gasteiger partial charge is 0.286 e. The molecule has 0 amide bonds. The predicted octanol–water partition coefficient (Wildman–Crippen LogP) is 0.0215. The van der Waals surface area contributed by atoms with E-state index in [2.05, 4.69) is 64.3 Å². The van der Waals surface area contributed by atoms with Crippen LogP contribution in [0, 0.1) is 0 Å². The largest absolute Gasteiger partial charge is 1.00 e. The van der Waals surface area contributed by atoms with Gasteiger partial charge in [0.05, 0.1) is 5.56 Å². The van der Waals surface area contributed by atoms with Crippen molar-refractivity contribution < 1.29 is 17.0 Å². The molecule has 3 aromatic rings. The Kier molecular flexibility index (Phi) is 4.37. The fraction of sp³-hybridized carbons (Fsp3) is 0.0625. The highest BCUT2D eigenvalue weighted by Gasteiger charge is 2.12. The summed E-state index contributed by atoms with van der Waals surface area (Å²) in [6, 6.07) is 20.9. The summed E-state index contributed by atoms with van der Waals surface area (Å²) in [4.78, 5) is 3.31. The number of hydrogen-bond donors (Lipinski definition) is 1.